The van der Waals surface area contributed by atoms with Crippen LogP contribution >= 0.6 is 22.7 Å². The molecule has 15 heavy (non-hydrogen) atoms. The fourth-order valence-electron chi connectivity index (χ4n) is 1.31. The van der Waals surface area contributed by atoms with Crippen molar-refractivity contribution in [3.05, 3.63) is 27.7 Å². The first-order valence-electron chi connectivity index (χ1n) is 4.50. The summed E-state index contributed by atoms with van der Waals surface area (Å²) in [5, 5.41) is 2.70. The molecule has 2 N–H and O–H groups in total. The Morgan fingerprint density at radius 3 is 2.87 bits per heavy atom. The van der Waals surface area contributed by atoms with Crippen molar-refractivity contribution in [1.82, 2.24) is 14.9 Å². The molecule has 2 aromatic rings. The molecular weight excluding hydrogens is 228 g/mol. The van der Waals surface area contributed by atoms with E-state index >= 15 is 0 Å². The van der Waals surface area contributed by atoms with Crippen molar-refractivity contribution in [2.24, 2.45) is 0 Å². The zero-order chi connectivity index (χ0) is 10.7. The van der Waals surface area contributed by atoms with Gasteiger partial charge in [0.05, 0.1) is 11.2 Å². The minimum absolute atomic E-state index is 0.632. The minimum atomic E-state index is 0.632. The van der Waals surface area contributed by atoms with E-state index < -0.39 is 0 Å². The molecule has 0 atom stereocenters. The van der Waals surface area contributed by atoms with Crippen molar-refractivity contribution >= 4 is 27.8 Å². The number of nitrogens with zero attached hydrogens (tertiary/aromatic N) is 3. The maximum absolute atomic E-state index is 5.57. The molecular formula is C9H12N4S2. The normalized spacial score (nSPS) is 11.1. The van der Waals surface area contributed by atoms with Crippen molar-refractivity contribution in [3.8, 4) is 0 Å². The van der Waals surface area contributed by atoms with Crippen LogP contribution in [0.25, 0.3) is 0 Å². The maximum Gasteiger partial charge on any atom is 0.180 e. The maximum atomic E-state index is 5.57. The molecule has 2 rings (SSSR count). The molecule has 0 saturated heterocycles. The summed E-state index contributed by atoms with van der Waals surface area (Å²) in [6.45, 7) is 1.73. The number of anilines is 1. The number of hydrogen-bond donors (Lipinski definition) is 1. The Kier molecular flexibility index (Phi) is 3.30. The molecule has 0 aromatic carbocycles. The molecule has 4 nitrogen and oxygen atoms in total. The lowest BCUT2D eigenvalue weighted by Gasteiger charge is -2.13. The van der Waals surface area contributed by atoms with Gasteiger partial charge in [0, 0.05) is 29.5 Å². The molecule has 0 unspecified atom stereocenters. The van der Waals surface area contributed by atoms with E-state index in [4.69, 9.17) is 5.73 Å². The quantitative estimate of drug-likeness (QED) is 0.885. The summed E-state index contributed by atoms with van der Waals surface area (Å²) in [5.74, 6) is 0. The lowest BCUT2D eigenvalue weighted by molar-refractivity contribution is 0.318. The predicted octanol–water partition coefficient (Wildman–Crippen LogP) is 1.81. The number of hydrogen-bond acceptors (Lipinski definition) is 6. The summed E-state index contributed by atoms with van der Waals surface area (Å²) in [4.78, 5) is 11.6. The summed E-state index contributed by atoms with van der Waals surface area (Å²) in [6.07, 6.45) is 1.83. The van der Waals surface area contributed by atoms with E-state index in [1.54, 1.807) is 11.3 Å². The van der Waals surface area contributed by atoms with Gasteiger partial charge in [0.25, 0.3) is 0 Å². The molecule has 0 spiro atoms. The van der Waals surface area contributed by atoms with Crippen molar-refractivity contribution in [2.75, 3.05) is 12.8 Å². The third kappa shape index (κ3) is 2.98. The predicted molar refractivity (Wildman–Crippen MR) is 63.8 cm³/mol. The Labute approximate surface area is 96.4 Å². The third-order valence-corrected chi connectivity index (χ3v) is 3.36. The van der Waals surface area contributed by atoms with E-state index in [9.17, 15) is 0 Å². The van der Waals surface area contributed by atoms with Gasteiger partial charge in [-0.3, -0.25) is 4.90 Å². The number of rotatable bonds is 4. The molecule has 0 fully saturated rings. The van der Waals surface area contributed by atoms with Gasteiger partial charge in [-0.25, -0.2) is 9.97 Å². The van der Waals surface area contributed by atoms with E-state index in [0.717, 1.165) is 18.8 Å². The highest BCUT2D eigenvalue weighted by atomic mass is 32.1. The molecule has 0 amide bonds. The summed E-state index contributed by atoms with van der Waals surface area (Å²) in [7, 11) is 2.06. The summed E-state index contributed by atoms with van der Waals surface area (Å²) in [5.41, 5.74) is 8.53. The van der Waals surface area contributed by atoms with Gasteiger partial charge in [-0.1, -0.05) is 0 Å². The second kappa shape index (κ2) is 4.69. The summed E-state index contributed by atoms with van der Waals surface area (Å²) in [6, 6.07) is 0. The molecule has 0 aliphatic rings. The Balaban J connectivity index is 1.90. The first-order valence-corrected chi connectivity index (χ1v) is 6.26. The van der Waals surface area contributed by atoms with Crippen LogP contribution in [0.1, 0.15) is 10.6 Å². The van der Waals surface area contributed by atoms with Crippen LogP contribution in [0.2, 0.25) is 0 Å². The van der Waals surface area contributed by atoms with Crippen LogP contribution in [-0.4, -0.2) is 21.9 Å². The van der Waals surface area contributed by atoms with Crippen molar-refractivity contribution < 1.29 is 0 Å². The SMILES string of the molecule is CN(Cc1cscn1)Cc1cnc(N)s1. The number of nitrogens with two attached hydrogens (primary N) is 1. The van der Waals surface area contributed by atoms with E-state index in [1.807, 2.05) is 11.7 Å². The minimum Gasteiger partial charge on any atom is -0.375 e. The second-order valence-corrected chi connectivity index (χ2v) is 5.18. The first-order chi connectivity index (χ1) is 7.24. The summed E-state index contributed by atoms with van der Waals surface area (Å²) < 4.78 is 0. The lowest BCUT2D eigenvalue weighted by atomic mass is 10.4. The molecule has 2 heterocycles. The lowest BCUT2D eigenvalue weighted by Crippen LogP contribution is -2.16. The van der Waals surface area contributed by atoms with Gasteiger partial charge in [-0.05, 0) is 7.05 Å². The summed E-state index contributed by atoms with van der Waals surface area (Å²) >= 11 is 3.16. The first kappa shape index (κ1) is 10.5. The van der Waals surface area contributed by atoms with Crippen LogP contribution in [0, 0.1) is 0 Å². The fraction of sp³-hybridized carbons (Fsp3) is 0.333. The molecule has 0 radical (unpaired) electrons. The Hall–Kier alpha value is -0.980. The van der Waals surface area contributed by atoms with Crippen LogP contribution in [0.3, 0.4) is 0 Å². The van der Waals surface area contributed by atoms with Gasteiger partial charge in [0.2, 0.25) is 0 Å². The highest BCUT2D eigenvalue weighted by molar-refractivity contribution is 7.15. The zero-order valence-corrected chi connectivity index (χ0v) is 10.0. The second-order valence-electron chi connectivity index (χ2n) is 3.32. The highest BCUT2D eigenvalue weighted by Gasteiger charge is 2.05. The Morgan fingerprint density at radius 2 is 2.27 bits per heavy atom. The zero-order valence-electron chi connectivity index (χ0n) is 8.38. The molecule has 0 aliphatic carbocycles. The van der Waals surface area contributed by atoms with E-state index in [0.29, 0.717) is 5.13 Å². The number of nitrogen functional groups attached to an aromatic ring is 1. The van der Waals surface area contributed by atoms with Crippen LogP contribution in [0.5, 0.6) is 0 Å². The Bertz CT molecular complexity index is 409. The third-order valence-electron chi connectivity index (χ3n) is 1.91. The largest absolute Gasteiger partial charge is 0.375 e. The molecule has 0 saturated carbocycles. The molecule has 0 aliphatic heterocycles. The van der Waals surface area contributed by atoms with Gasteiger partial charge < -0.3 is 5.73 Å². The van der Waals surface area contributed by atoms with Crippen molar-refractivity contribution in [1.29, 1.82) is 0 Å². The van der Waals surface area contributed by atoms with Crippen LogP contribution in [0.4, 0.5) is 5.13 Å². The fourth-order valence-corrected chi connectivity index (χ4v) is 2.62. The van der Waals surface area contributed by atoms with Crippen LogP contribution in [-0.2, 0) is 13.1 Å². The van der Waals surface area contributed by atoms with E-state index in [1.165, 1.54) is 16.2 Å². The van der Waals surface area contributed by atoms with Gasteiger partial charge in [-0.2, -0.15) is 0 Å². The monoisotopic (exact) mass is 240 g/mol. The molecule has 0 bridgehead atoms. The van der Waals surface area contributed by atoms with Crippen molar-refractivity contribution in [2.45, 2.75) is 13.1 Å². The van der Waals surface area contributed by atoms with E-state index in [2.05, 4.69) is 27.3 Å². The standard InChI is InChI=1S/C9H12N4S2/c1-13(3-7-5-14-6-12-7)4-8-2-11-9(10)15-8/h2,5-6H,3-4H2,1H3,(H2,10,11). The average Bonchev–Trinajstić information content (AvgIpc) is 2.77. The van der Waals surface area contributed by atoms with Gasteiger partial charge in [0.15, 0.2) is 5.13 Å². The molecule has 6 heteroatoms. The van der Waals surface area contributed by atoms with Gasteiger partial charge in [-0.15, -0.1) is 22.7 Å². The van der Waals surface area contributed by atoms with Gasteiger partial charge in [0.1, 0.15) is 0 Å². The highest BCUT2D eigenvalue weighted by Crippen LogP contribution is 2.16. The van der Waals surface area contributed by atoms with E-state index in [-0.39, 0.29) is 0 Å². The molecule has 80 valence electrons. The molecule has 2 aromatic heterocycles. The Morgan fingerprint density at radius 1 is 1.40 bits per heavy atom. The van der Waals surface area contributed by atoms with Crippen LogP contribution < -0.4 is 5.73 Å². The average molecular weight is 240 g/mol. The van der Waals surface area contributed by atoms with Crippen LogP contribution in [0.15, 0.2) is 17.1 Å². The smallest absolute Gasteiger partial charge is 0.180 e. The van der Waals surface area contributed by atoms with Crippen molar-refractivity contribution in [3.63, 3.8) is 0 Å². The number of thiazole rings is 2. The topological polar surface area (TPSA) is 55.0 Å². The number of aromatic nitrogens is 2. The van der Waals surface area contributed by atoms with Gasteiger partial charge >= 0.3 is 0 Å².